The Kier molecular flexibility index (Phi) is 2.78. The van der Waals surface area contributed by atoms with Crippen LogP contribution in [0.1, 0.15) is 31.9 Å². The predicted octanol–water partition coefficient (Wildman–Crippen LogP) is 3.84. The van der Waals surface area contributed by atoms with Crippen LogP contribution < -0.4 is 5.73 Å². The van der Waals surface area contributed by atoms with Gasteiger partial charge in [-0.1, -0.05) is 38.8 Å². The molecule has 0 fully saturated rings. The Balaban J connectivity index is 3.04. The summed E-state index contributed by atoms with van der Waals surface area (Å²) in [4.78, 5) is 0. The number of hydrogen-bond donors (Lipinski definition) is 1. The zero-order valence-electron chi connectivity index (χ0n) is 10.8. The second-order valence-electron chi connectivity index (χ2n) is 5.45. The third-order valence-electron chi connectivity index (χ3n) is 3.09. The molecule has 0 aliphatic heterocycles. The van der Waals surface area contributed by atoms with E-state index in [0.717, 1.165) is 10.9 Å². The summed E-state index contributed by atoms with van der Waals surface area (Å²) in [5.74, 6) is 2.23. The van der Waals surface area contributed by atoms with Gasteiger partial charge in [-0.3, -0.25) is 0 Å². The molecule has 2 aromatic rings. The Bertz CT molecular complexity index is 657. The van der Waals surface area contributed by atoms with Crippen LogP contribution in [0.3, 0.4) is 0 Å². The van der Waals surface area contributed by atoms with Crippen molar-refractivity contribution in [2.45, 2.75) is 26.2 Å². The molecule has 1 nitrogen and oxygen atoms in total. The summed E-state index contributed by atoms with van der Waals surface area (Å²) in [6.45, 7) is 6.19. The molecule has 18 heavy (non-hydrogen) atoms. The van der Waals surface area contributed by atoms with E-state index >= 15 is 0 Å². The largest absolute Gasteiger partial charge is 0.396 e. The van der Waals surface area contributed by atoms with Crippen LogP contribution in [0, 0.1) is 18.2 Å². The number of nitrogen functional groups attached to an aromatic ring is 1. The molecule has 0 aromatic heterocycles. The van der Waals surface area contributed by atoms with E-state index in [-0.39, 0.29) is 11.1 Å². The van der Waals surface area contributed by atoms with Crippen LogP contribution in [0.15, 0.2) is 24.3 Å². The van der Waals surface area contributed by atoms with Crippen LogP contribution in [-0.2, 0) is 5.41 Å². The molecule has 2 aromatic carbocycles. The smallest absolute Gasteiger partial charge is 0.153 e. The monoisotopic (exact) mass is 241 g/mol. The highest BCUT2D eigenvalue weighted by atomic mass is 19.1. The minimum absolute atomic E-state index is 0.146. The van der Waals surface area contributed by atoms with Gasteiger partial charge in [0.05, 0.1) is 5.69 Å². The highest BCUT2D eigenvalue weighted by molar-refractivity contribution is 5.94. The standard InChI is InChI=1S/C16H16FN/c1-5-10-7-6-8-11-14(10)12(16(2,3)4)9-13(18)15(11)17/h1,6-9H,18H2,2-4H3. The molecule has 0 bridgehead atoms. The predicted molar refractivity (Wildman–Crippen MR) is 75.0 cm³/mol. The van der Waals surface area contributed by atoms with Crippen LogP contribution in [0.2, 0.25) is 0 Å². The molecule has 2 heteroatoms. The molecule has 2 rings (SSSR count). The summed E-state index contributed by atoms with van der Waals surface area (Å²) in [5.41, 5.74) is 7.45. The third-order valence-corrected chi connectivity index (χ3v) is 3.09. The highest BCUT2D eigenvalue weighted by Gasteiger charge is 2.21. The Morgan fingerprint density at radius 1 is 1.28 bits per heavy atom. The molecular formula is C16H16FN. The highest BCUT2D eigenvalue weighted by Crippen LogP contribution is 2.36. The van der Waals surface area contributed by atoms with Gasteiger partial charge in [0.15, 0.2) is 5.82 Å². The van der Waals surface area contributed by atoms with Gasteiger partial charge in [-0.15, -0.1) is 6.42 Å². The van der Waals surface area contributed by atoms with E-state index in [4.69, 9.17) is 12.2 Å². The lowest BCUT2D eigenvalue weighted by Crippen LogP contribution is -2.13. The average molecular weight is 241 g/mol. The first kappa shape index (κ1) is 12.4. The van der Waals surface area contributed by atoms with Gasteiger partial charge in [0.1, 0.15) is 0 Å². The van der Waals surface area contributed by atoms with Crippen molar-refractivity contribution in [1.29, 1.82) is 0 Å². The second-order valence-corrected chi connectivity index (χ2v) is 5.45. The van der Waals surface area contributed by atoms with Crippen LogP contribution in [0.4, 0.5) is 10.1 Å². The number of halogens is 1. The normalized spacial score (nSPS) is 11.5. The molecule has 0 heterocycles. The fourth-order valence-electron chi connectivity index (χ4n) is 2.18. The minimum atomic E-state index is -0.393. The van der Waals surface area contributed by atoms with E-state index in [1.54, 1.807) is 18.2 Å². The maximum absolute atomic E-state index is 14.1. The zero-order chi connectivity index (χ0) is 13.5. The lowest BCUT2D eigenvalue weighted by atomic mass is 9.82. The van der Waals surface area contributed by atoms with Crippen molar-refractivity contribution in [3.05, 3.63) is 41.2 Å². The molecule has 0 saturated carbocycles. The summed E-state index contributed by atoms with van der Waals surface area (Å²) in [5, 5.41) is 1.29. The van der Waals surface area contributed by atoms with Gasteiger partial charge < -0.3 is 5.73 Å². The van der Waals surface area contributed by atoms with Gasteiger partial charge in [0, 0.05) is 16.3 Å². The van der Waals surface area contributed by atoms with Crippen molar-refractivity contribution < 1.29 is 4.39 Å². The van der Waals surface area contributed by atoms with E-state index in [9.17, 15) is 4.39 Å². The van der Waals surface area contributed by atoms with Gasteiger partial charge >= 0.3 is 0 Å². The summed E-state index contributed by atoms with van der Waals surface area (Å²) in [7, 11) is 0. The summed E-state index contributed by atoms with van der Waals surface area (Å²) in [6, 6.07) is 7.00. The van der Waals surface area contributed by atoms with E-state index in [2.05, 4.69) is 26.7 Å². The van der Waals surface area contributed by atoms with Crippen molar-refractivity contribution in [3.63, 3.8) is 0 Å². The van der Waals surface area contributed by atoms with Crippen molar-refractivity contribution in [1.82, 2.24) is 0 Å². The molecule has 0 atom stereocenters. The first-order valence-electron chi connectivity index (χ1n) is 5.84. The molecular weight excluding hydrogens is 225 g/mol. The Morgan fingerprint density at radius 3 is 2.50 bits per heavy atom. The molecule has 0 radical (unpaired) electrons. The molecule has 0 amide bonds. The van der Waals surface area contributed by atoms with E-state index in [0.29, 0.717) is 10.9 Å². The SMILES string of the molecule is C#Cc1cccc2c(F)c(N)cc(C(C)(C)C)c12. The first-order chi connectivity index (χ1) is 8.36. The van der Waals surface area contributed by atoms with Crippen molar-refractivity contribution in [3.8, 4) is 12.3 Å². The quantitative estimate of drug-likeness (QED) is 0.550. The van der Waals surface area contributed by atoms with E-state index < -0.39 is 5.82 Å². The van der Waals surface area contributed by atoms with Crippen LogP contribution in [-0.4, -0.2) is 0 Å². The zero-order valence-corrected chi connectivity index (χ0v) is 10.8. The lowest BCUT2D eigenvalue weighted by Gasteiger charge is -2.23. The van der Waals surface area contributed by atoms with Gasteiger partial charge in [-0.05, 0) is 23.1 Å². The Hall–Kier alpha value is -2.01. The topological polar surface area (TPSA) is 26.0 Å². The number of fused-ring (bicyclic) bond motifs is 1. The fourth-order valence-corrected chi connectivity index (χ4v) is 2.18. The van der Waals surface area contributed by atoms with E-state index in [1.807, 2.05) is 6.07 Å². The number of rotatable bonds is 0. The number of terminal acetylenes is 1. The van der Waals surface area contributed by atoms with Crippen molar-refractivity contribution >= 4 is 16.5 Å². The molecule has 0 aliphatic rings. The van der Waals surface area contributed by atoms with Gasteiger partial charge in [0.25, 0.3) is 0 Å². The molecule has 0 spiro atoms. The molecule has 92 valence electrons. The number of benzene rings is 2. The lowest BCUT2D eigenvalue weighted by molar-refractivity contribution is 0.592. The first-order valence-corrected chi connectivity index (χ1v) is 5.84. The number of hydrogen-bond acceptors (Lipinski definition) is 1. The summed E-state index contributed by atoms with van der Waals surface area (Å²) in [6.07, 6.45) is 5.51. The second kappa shape index (κ2) is 4.03. The van der Waals surface area contributed by atoms with Gasteiger partial charge in [-0.25, -0.2) is 4.39 Å². The van der Waals surface area contributed by atoms with Gasteiger partial charge in [-0.2, -0.15) is 0 Å². The van der Waals surface area contributed by atoms with Crippen LogP contribution in [0.25, 0.3) is 10.8 Å². The van der Waals surface area contributed by atoms with Crippen molar-refractivity contribution in [2.24, 2.45) is 0 Å². The summed E-state index contributed by atoms with van der Waals surface area (Å²) >= 11 is 0. The van der Waals surface area contributed by atoms with Crippen molar-refractivity contribution in [2.75, 3.05) is 5.73 Å². The van der Waals surface area contributed by atoms with Crippen LogP contribution in [0.5, 0.6) is 0 Å². The van der Waals surface area contributed by atoms with Crippen LogP contribution >= 0.6 is 0 Å². The molecule has 0 aliphatic carbocycles. The minimum Gasteiger partial charge on any atom is -0.396 e. The van der Waals surface area contributed by atoms with E-state index in [1.165, 1.54) is 0 Å². The maximum Gasteiger partial charge on any atom is 0.153 e. The molecule has 0 unspecified atom stereocenters. The number of nitrogens with two attached hydrogens (primary N) is 1. The Morgan fingerprint density at radius 2 is 1.94 bits per heavy atom. The summed E-state index contributed by atoms with van der Waals surface area (Å²) < 4.78 is 14.1. The average Bonchev–Trinajstić information content (AvgIpc) is 2.31. The maximum atomic E-state index is 14.1. The molecule has 2 N–H and O–H groups in total. The number of anilines is 1. The Labute approximate surface area is 107 Å². The third kappa shape index (κ3) is 1.82. The fraction of sp³-hybridized carbons (Fsp3) is 0.250. The van der Waals surface area contributed by atoms with Gasteiger partial charge in [0.2, 0.25) is 0 Å². The molecule has 0 saturated heterocycles.